The van der Waals surface area contributed by atoms with Gasteiger partial charge >= 0.3 is 5.97 Å². The summed E-state index contributed by atoms with van der Waals surface area (Å²) in [6, 6.07) is 15.4. The van der Waals surface area contributed by atoms with E-state index in [9.17, 15) is 15.0 Å². The summed E-state index contributed by atoms with van der Waals surface area (Å²) < 4.78 is 0. The molecule has 3 rings (SSSR count). The Morgan fingerprint density at radius 3 is 2.60 bits per heavy atom. The fraction of sp³-hybridized carbons (Fsp3) is 0.350. The monoisotopic (exact) mass is 359 g/mol. The van der Waals surface area contributed by atoms with Gasteiger partial charge in [0.1, 0.15) is 0 Å². The molecule has 2 aromatic rings. The molecular weight excluding hydrogens is 338 g/mol. The maximum Gasteiger partial charge on any atom is 0.337 e. The number of piperidine rings is 1. The molecule has 4 nitrogen and oxygen atoms in total. The van der Waals surface area contributed by atoms with Gasteiger partial charge in [-0.05, 0) is 36.1 Å². The van der Waals surface area contributed by atoms with Gasteiger partial charge in [-0.3, -0.25) is 4.90 Å². The van der Waals surface area contributed by atoms with Gasteiger partial charge in [0.15, 0.2) is 0 Å². The summed E-state index contributed by atoms with van der Waals surface area (Å²) in [7, 11) is 0. The molecule has 1 aliphatic heterocycles. The molecule has 1 saturated heterocycles. The Labute approximate surface area is 152 Å². The molecule has 0 bridgehead atoms. The van der Waals surface area contributed by atoms with Gasteiger partial charge in [0.05, 0.1) is 10.6 Å². The SMILES string of the molecule is O=C(O)c1cccc(CN2CC[C@H](c3ccccc3)[C@H](CO)C2)c1Cl. The molecule has 0 aliphatic carbocycles. The number of aromatic carboxylic acids is 1. The zero-order chi connectivity index (χ0) is 17.8. The lowest BCUT2D eigenvalue weighted by Gasteiger charge is -2.38. The Hall–Kier alpha value is -1.88. The first-order valence-electron chi connectivity index (χ1n) is 8.49. The predicted molar refractivity (Wildman–Crippen MR) is 98.1 cm³/mol. The molecule has 0 radical (unpaired) electrons. The van der Waals surface area contributed by atoms with E-state index in [1.54, 1.807) is 6.07 Å². The summed E-state index contributed by atoms with van der Waals surface area (Å²) in [6.07, 6.45) is 0.964. The second-order valence-electron chi connectivity index (χ2n) is 6.57. The number of benzene rings is 2. The molecule has 0 saturated carbocycles. The van der Waals surface area contributed by atoms with Crippen molar-refractivity contribution in [2.45, 2.75) is 18.9 Å². The largest absolute Gasteiger partial charge is 0.478 e. The average Bonchev–Trinajstić information content (AvgIpc) is 2.64. The summed E-state index contributed by atoms with van der Waals surface area (Å²) in [4.78, 5) is 13.5. The van der Waals surface area contributed by atoms with Gasteiger partial charge in [-0.15, -0.1) is 0 Å². The van der Waals surface area contributed by atoms with Gasteiger partial charge in [-0.25, -0.2) is 4.79 Å². The number of aliphatic hydroxyl groups excluding tert-OH is 1. The van der Waals surface area contributed by atoms with Gasteiger partial charge in [0, 0.05) is 25.6 Å². The number of aliphatic hydroxyl groups is 1. The highest BCUT2D eigenvalue weighted by molar-refractivity contribution is 6.34. The van der Waals surface area contributed by atoms with Crippen LogP contribution in [-0.2, 0) is 6.54 Å². The van der Waals surface area contributed by atoms with Crippen molar-refractivity contribution in [1.29, 1.82) is 0 Å². The first kappa shape index (κ1) is 17.9. The number of hydrogen-bond acceptors (Lipinski definition) is 3. The van der Waals surface area contributed by atoms with Crippen molar-refractivity contribution in [3.63, 3.8) is 0 Å². The third-order valence-electron chi connectivity index (χ3n) is 4.98. The highest BCUT2D eigenvalue weighted by atomic mass is 35.5. The second kappa shape index (κ2) is 8.00. The highest BCUT2D eigenvalue weighted by Gasteiger charge is 2.30. The van der Waals surface area contributed by atoms with Crippen LogP contribution in [0.25, 0.3) is 0 Å². The number of carboxylic acid groups (broad SMARTS) is 1. The number of rotatable bonds is 5. The standard InChI is InChI=1S/C20H22ClNO3/c21-19-15(7-4-8-18(19)20(24)25)11-22-10-9-17(16(12-22)13-23)14-5-2-1-3-6-14/h1-8,16-17,23H,9-13H2,(H,24,25)/t16-,17+/m0/s1. The number of carbonyl (C=O) groups is 1. The lowest BCUT2D eigenvalue weighted by molar-refractivity contribution is 0.0696. The molecule has 5 heteroatoms. The molecule has 0 amide bonds. The summed E-state index contributed by atoms with van der Waals surface area (Å²) in [6.45, 7) is 2.39. The van der Waals surface area contributed by atoms with Crippen LogP contribution in [0.5, 0.6) is 0 Å². The van der Waals surface area contributed by atoms with E-state index in [2.05, 4.69) is 17.0 Å². The van der Waals surface area contributed by atoms with Crippen LogP contribution in [0.1, 0.15) is 33.8 Å². The van der Waals surface area contributed by atoms with E-state index in [0.29, 0.717) is 17.5 Å². The highest BCUT2D eigenvalue weighted by Crippen LogP contribution is 2.34. The summed E-state index contributed by atoms with van der Waals surface area (Å²) in [5.41, 5.74) is 2.22. The number of nitrogens with zero attached hydrogens (tertiary/aromatic N) is 1. The van der Waals surface area contributed by atoms with Crippen molar-refractivity contribution in [3.8, 4) is 0 Å². The van der Waals surface area contributed by atoms with Gasteiger partial charge in [-0.2, -0.15) is 0 Å². The Morgan fingerprint density at radius 2 is 1.92 bits per heavy atom. The normalized spacial score (nSPS) is 21.2. The number of carboxylic acids is 1. The van der Waals surface area contributed by atoms with E-state index in [1.807, 2.05) is 24.3 Å². The topological polar surface area (TPSA) is 60.8 Å². The summed E-state index contributed by atoms with van der Waals surface area (Å²) >= 11 is 6.26. The van der Waals surface area contributed by atoms with Gasteiger partial charge < -0.3 is 10.2 Å². The number of hydrogen-bond donors (Lipinski definition) is 2. The molecule has 2 aromatic carbocycles. The van der Waals surface area contributed by atoms with E-state index >= 15 is 0 Å². The molecule has 0 spiro atoms. The van der Waals surface area contributed by atoms with Crippen LogP contribution in [0, 0.1) is 5.92 Å². The Bertz CT molecular complexity index is 735. The van der Waals surface area contributed by atoms with E-state index < -0.39 is 5.97 Å². The first-order chi connectivity index (χ1) is 12.1. The lowest BCUT2D eigenvalue weighted by atomic mass is 9.81. The minimum absolute atomic E-state index is 0.136. The zero-order valence-corrected chi connectivity index (χ0v) is 14.7. The van der Waals surface area contributed by atoms with Crippen LogP contribution in [0.15, 0.2) is 48.5 Å². The van der Waals surface area contributed by atoms with E-state index in [-0.39, 0.29) is 18.1 Å². The molecule has 2 atom stereocenters. The number of likely N-dealkylation sites (tertiary alicyclic amines) is 1. The van der Waals surface area contributed by atoms with E-state index in [1.165, 1.54) is 11.6 Å². The fourth-order valence-corrected chi connectivity index (χ4v) is 3.95. The van der Waals surface area contributed by atoms with Crippen molar-refractivity contribution in [1.82, 2.24) is 4.90 Å². The minimum atomic E-state index is -1.01. The van der Waals surface area contributed by atoms with Crippen molar-refractivity contribution in [3.05, 3.63) is 70.2 Å². The van der Waals surface area contributed by atoms with Crippen molar-refractivity contribution in [2.24, 2.45) is 5.92 Å². The molecular formula is C20H22ClNO3. The van der Waals surface area contributed by atoms with Crippen LogP contribution < -0.4 is 0 Å². The van der Waals surface area contributed by atoms with Crippen LogP contribution in [0.3, 0.4) is 0 Å². The van der Waals surface area contributed by atoms with Gasteiger partial charge in [0.25, 0.3) is 0 Å². The van der Waals surface area contributed by atoms with Crippen LogP contribution >= 0.6 is 11.6 Å². The Morgan fingerprint density at radius 1 is 1.16 bits per heavy atom. The van der Waals surface area contributed by atoms with Crippen molar-refractivity contribution >= 4 is 17.6 Å². The molecule has 0 unspecified atom stereocenters. The van der Waals surface area contributed by atoms with Crippen molar-refractivity contribution < 1.29 is 15.0 Å². The van der Waals surface area contributed by atoms with Gasteiger partial charge in [0.2, 0.25) is 0 Å². The predicted octanol–water partition coefficient (Wildman–Crippen LogP) is 3.64. The van der Waals surface area contributed by atoms with Gasteiger partial charge in [-0.1, -0.05) is 54.1 Å². The first-order valence-corrected chi connectivity index (χ1v) is 8.86. The van der Waals surface area contributed by atoms with Crippen LogP contribution in [0.4, 0.5) is 0 Å². The second-order valence-corrected chi connectivity index (χ2v) is 6.95. The molecule has 1 fully saturated rings. The molecule has 1 heterocycles. The van der Waals surface area contributed by atoms with Crippen molar-refractivity contribution in [2.75, 3.05) is 19.7 Å². The quantitative estimate of drug-likeness (QED) is 0.855. The van der Waals surface area contributed by atoms with E-state index in [0.717, 1.165) is 25.1 Å². The maximum absolute atomic E-state index is 11.2. The maximum atomic E-state index is 11.2. The summed E-state index contributed by atoms with van der Waals surface area (Å²) in [5.74, 6) is -0.497. The minimum Gasteiger partial charge on any atom is -0.478 e. The summed E-state index contributed by atoms with van der Waals surface area (Å²) in [5, 5.41) is 19.4. The molecule has 0 aromatic heterocycles. The Kier molecular flexibility index (Phi) is 5.74. The fourth-order valence-electron chi connectivity index (χ4n) is 3.68. The third kappa shape index (κ3) is 4.03. The molecule has 132 valence electrons. The molecule has 25 heavy (non-hydrogen) atoms. The number of halogens is 1. The van der Waals surface area contributed by atoms with Crippen LogP contribution in [-0.4, -0.2) is 40.8 Å². The van der Waals surface area contributed by atoms with Crippen LogP contribution in [0.2, 0.25) is 5.02 Å². The molecule has 2 N–H and O–H groups in total. The Balaban J connectivity index is 1.72. The van der Waals surface area contributed by atoms with E-state index in [4.69, 9.17) is 11.6 Å². The average molecular weight is 360 g/mol. The molecule has 1 aliphatic rings. The smallest absolute Gasteiger partial charge is 0.337 e. The third-order valence-corrected chi connectivity index (χ3v) is 5.43. The lowest BCUT2D eigenvalue weighted by Crippen LogP contribution is -2.40. The zero-order valence-electron chi connectivity index (χ0n) is 13.9.